The second kappa shape index (κ2) is 11.1. The van der Waals surface area contributed by atoms with E-state index < -0.39 is 17.5 Å². The number of carbonyl (C=O) groups is 1. The number of halogens is 3. The van der Waals surface area contributed by atoms with Gasteiger partial charge in [0, 0.05) is 32.6 Å². The van der Waals surface area contributed by atoms with Gasteiger partial charge in [0.15, 0.2) is 23.3 Å². The van der Waals surface area contributed by atoms with Crippen molar-refractivity contribution in [1.82, 2.24) is 9.97 Å². The number of fused-ring (bicyclic) bond motifs is 1. The van der Waals surface area contributed by atoms with Crippen LogP contribution < -0.4 is 14.5 Å². The smallest absolute Gasteiger partial charge is 0.249 e. The van der Waals surface area contributed by atoms with Crippen LogP contribution in [0.25, 0.3) is 0 Å². The van der Waals surface area contributed by atoms with Gasteiger partial charge in [-0.2, -0.15) is 0 Å². The van der Waals surface area contributed by atoms with Crippen LogP contribution >= 0.6 is 0 Å². The third-order valence-corrected chi connectivity index (χ3v) is 6.25. The van der Waals surface area contributed by atoms with E-state index in [1.54, 1.807) is 11.9 Å². The molecule has 4 rings (SSSR count). The lowest BCUT2D eigenvalue weighted by Crippen LogP contribution is -2.50. The monoisotopic (exact) mass is 482 g/mol. The molecule has 1 aromatic carbocycles. The van der Waals surface area contributed by atoms with Crippen LogP contribution in [0.1, 0.15) is 60.0 Å². The van der Waals surface area contributed by atoms with E-state index in [1.807, 2.05) is 25.8 Å². The number of rotatable bonds is 5. The van der Waals surface area contributed by atoms with E-state index in [9.17, 15) is 18.0 Å². The summed E-state index contributed by atoms with van der Waals surface area (Å²) in [6.45, 7) is 3.73. The molecule has 0 saturated heterocycles. The first-order chi connectivity index (χ1) is 14.7. The number of hydrogen-bond acceptors (Lipinski definition) is 5. The molecule has 0 bridgehead atoms. The minimum Gasteiger partial charge on any atom is -0.490 e. The molecule has 190 valence electrons. The van der Waals surface area contributed by atoms with Crippen molar-refractivity contribution < 1.29 is 22.7 Å². The number of aryl methyl sites for hydroxylation is 2. The van der Waals surface area contributed by atoms with Crippen LogP contribution in [0.15, 0.2) is 12.1 Å². The summed E-state index contributed by atoms with van der Waals surface area (Å²) in [6, 6.07) is 1.45. The Kier molecular flexibility index (Phi) is 9.49. The molecule has 1 aromatic heterocycles. The first kappa shape index (κ1) is 29.2. The topological polar surface area (TPSA) is 58.6 Å². The van der Waals surface area contributed by atoms with Gasteiger partial charge in [-0.1, -0.05) is 22.3 Å². The first-order valence-corrected chi connectivity index (χ1v) is 10.3. The average Bonchev–Trinajstić information content (AvgIpc) is 2.69. The molecule has 1 atom stereocenters. The predicted octanol–water partition coefficient (Wildman–Crippen LogP) is 5.70. The van der Waals surface area contributed by atoms with Crippen LogP contribution in [0, 0.1) is 30.3 Å². The molecule has 2 heterocycles. The Hall–Kier alpha value is -2.84. The number of carbonyl (C=O) groups excluding carboxylic acids is 1. The minimum absolute atomic E-state index is 0. The molecular formula is C25H37F3N4O2. The van der Waals surface area contributed by atoms with Crippen molar-refractivity contribution in [2.75, 3.05) is 23.9 Å². The molecule has 1 aliphatic heterocycles. The maximum absolute atomic E-state index is 13.3. The first-order valence-electron chi connectivity index (χ1n) is 10.3. The normalized spacial score (nSPS) is 20.9. The predicted molar refractivity (Wildman–Crippen MR) is 130 cm³/mol. The molecule has 0 unspecified atom stereocenters. The van der Waals surface area contributed by atoms with Crippen LogP contribution in [-0.4, -0.2) is 42.1 Å². The molecule has 0 radical (unpaired) electrons. The molecule has 1 fully saturated rings. The van der Waals surface area contributed by atoms with Crippen LogP contribution in [0.5, 0.6) is 5.75 Å². The molecule has 2 aromatic rings. The second-order valence-electron chi connectivity index (χ2n) is 8.40. The van der Waals surface area contributed by atoms with E-state index in [2.05, 4.69) is 4.98 Å². The standard InChI is InChI=1S/C22H25F3N4O2.3CH4/c1-11-20-21(28(3)12(2)22(30)29(20)4)27-18(26-11)6-5-13-7-14(8-13)31-15-9-16(23)19(25)17(24)10-15;;;/h9-10,12-14H,5-8H2,1-4H3;3*1H4/t12-,13?,14?;;;/m0.../s1. The lowest BCUT2D eigenvalue weighted by atomic mass is 9.79. The molecular weight excluding hydrogens is 445 g/mol. The summed E-state index contributed by atoms with van der Waals surface area (Å²) in [5, 5.41) is 0. The van der Waals surface area contributed by atoms with Crippen molar-refractivity contribution in [3.05, 3.63) is 41.1 Å². The summed E-state index contributed by atoms with van der Waals surface area (Å²) < 4.78 is 45.2. The highest BCUT2D eigenvalue weighted by Crippen LogP contribution is 2.37. The molecule has 0 N–H and O–H groups in total. The van der Waals surface area contributed by atoms with Crippen molar-refractivity contribution in [3.63, 3.8) is 0 Å². The zero-order chi connectivity index (χ0) is 22.4. The lowest BCUT2D eigenvalue weighted by Gasteiger charge is -2.38. The summed E-state index contributed by atoms with van der Waals surface area (Å²) in [6.07, 6.45) is 2.90. The second-order valence-corrected chi connectivity index (χ2v) is 8.40. The Labute approximate surface area is 201 Å². The van der Waals surface area contributed by atoms with Crippen molar-refractivity contribution in [2.45, 2.75) is 74.0 Å². The van der Waals surface area contributed by atoms with Crippen molar-refractivity contribution >= 4 is 17.4 Å². The van der Waals surface area contributed by atoms with Gasteiger partial charge in [0.2, 0.25) is 5.91 Å². The fraction of sp³-hybridized carbons (Fsp3) is 0.560. The van der Waals surface area contributed by atoms with Crippen molar-refractivity contribution in [2.24, 2.45) is 5.92 Å². The maximum atomic E-state index is 13.3. The van der Waals surface area contributed by atoms with E-state index >= 15 is 0 Å². The SMILES string of the molecule is C.C.C.Cc1nc(CCC2CC(Oc3cc(F)c(F)c(F)c3)C2)nc2c1N(C)C(=O)[C@H](C)N2C. The number of amides is 1. The van der Waals surface area contributed by atoms with Crippen LogP contribution in [-0.2, 0) is 11.2 Å². The highest BCUT2D eigenvalue weighted by atomic mass is 19.2. The lowest BCUT2D eigenvalue weighted by molar-refractivity contribution is -0.119. The van der Waals surface area contributed by atoms with Crippen molar-refractivity contribution in [1.29, 1.82) is 0 Å². The highest BCUT2D eigenvalue weighted by Gasteiger charge is 2.35. The van der Waals surface area contributed by atoms with Gasteiger partial charge in [0.25, 0.3) is 0 Å². The van der Waals surface area contributed by atoms with E-state index in [4.69, 9.17) is 9.72 Å². The van der Waals surface area contributed by atoms with E-state index in [0.29, 0.717) is 12.3 Å². The van der Waals surface area contributed by atoms with Gasteiger partial charge in [-0.3, -0.25) is 4.79 Å². The Morgan fingerprint density at radius 2 is 1.65 bits per heavy atom. The summed E-state index contributed by atoms with van der Waals surface area (Å²) in [4.78, 5) is 25.2. The zero-order valence-corrected chi connectivity index (χ0v) is 18.0. The maximum Gasteiger partial charge on any atom is 0.249 e. The van der Waals surface area contributed by atoms with Gasteiger partial charge in [-0.05, 0) is 39.0 Å². The van der Waals surface area contributed by atoms with Gasteiger partial charge in [0.05, 0.1) is 11.8 Å². The Morgan fingerprint density at radius 1 is 1.06 bits per heavy atom. The van der Waals surface area contributed by atoms with E-state index in [-0.39, 0.29) is 46.1 Å². The molecule has 1 saturated carbocycles. The van der Waals surface area contributed by atoms with Gasteiger partial charge in [-0.15, -0.1) is 0 Å². The van der Waals surface area contributed by atoms with Gasteiger partial charge in [0.1, 0.15) is 23.3 Å². The van der Waals surface area contributed by atoms with E-state index in [1.165, 1.54) is 0 Å². The third kappa shape index (κ3) is 5.28. The number of nitrogens with zero attached hydrogens (tertiary/aromatic N) is 4. The van der Waals surface area contributed by atoms with Crippen LogP contribution in [0.4, 0.5) is 24.7 Å². The largest absolute Gasteiger partial charge is 0.490 e. The molecule has 6 nitrogen and oxygen atoms in total. The fourth-order valence-electron chi connectivity index (χ4n) is 4.23. The number of hydrogen-bond donors (Lipinski definition) is 0. The summed E-state index contributed by atoms with van der Waals surface area (Å²) in [5.74, 6) is -2.11. The van der Waals surface area contributed by atoms with Crippen LogP contribution in [0.2, 0.25) is 0 Å². The third-order valence-electron chi connectivity index (χ3n) is 6.25. The fourth-order valence-corrected chi connectivity index (χ4v) is 4.23. The highest BCUT2D eigenvalue weighted by molar-refractivity contribution is 6.04. The molecule has 1 amide bonds. The molecule has 0 spiro atoms. The van der Waals surface area contributed by atoms with Crippen molar-refractivity contribution in [3.8, 4) is 5.75 Å². The molecule has 2 aliphatic rings. The molecule has 9 heteroatoms. The Bertz CT molecular complexity index is 1000. The summed E-state index contributed by atoms with van der Waals surface area (Å²) >= 11 is 0. The average molecular weight is 483 g/mol. The number of ether oxygens (including phenoxy) is 1. The number of aromatic nitrogens is 2. The zero-order valence-electron chi connectivity index (χ0n) is 18.0. The summed E-state index contributed by atoms with van der Waals surface area (Å²) in [5.41, 5.74) is 1.51. The van der Waals surface area contributed by atoms with Gasteiger partial charge >= 0.3 is 0 Å². The number of anilines is 2. The number of benzene rings is 1. The minimum atomic E-state index is -1.49. The van der Waals surface area contributed by atoms with E-state index in [0.717, 1.165) is 54.4 Å². The summed E-state index contributed by atoms with van der Waals surface area (Å²) in [7, 11) is 3.60. The Morgan fingerprint density at radius 3 is 2.24 bits per heavy atom. The van der Waals surface area contributed by atoms with Gasteiger partial charge < -0.3 is 14.5 Å². The quantitative estimate of drug-likeness (QED) is 0.512. The number of likely N-dealkylation sites (N-methyl/N-ethyl adjacent to an activating group) is 2. The molecule has 34 heavy (non-hydrogen) atoms. The van der Waals surface area contributed by atoms with Gasteiger partial charge in [-0.25, -0.2) is 23.1 Å². The van der Waals surface area contributed by atoms with Crippen LogP contribution in [0.3, 0.4) is 0 Å². The molecule has 1 aliphatic carbocycles. The Balaban J connectivity index is 0.00000193.